The van der Waals surface area contributed by atoms with Crippen LogP contribution in [0.1, 0.15) is 32.9 Å². The van der Waals surface area contributed by atoms with Crippen molar-refractivity contribution in [2.24, 2.45) is 0 Å². The van der Waals surface area contributed by atoms with Crippen molar-refractivity contribution in [3.63, 3.8) is 0 Å². The molecule has 4 aromatic rings. The van der Waals surface area contributed by atoms with E-state index in [1.807, 2.05) is 24.3 Å². The van der Waals surface area contributed by atoms with Crippen LogP contribution in [0.5, 0.6) is 11.5 Å². The van der Waals surface area contributed by atoms with E-state index in [0.717, 1.165) is 16.7 Å². The summed E-state index contributed by atoms with van der Waals surface area (Å²) in [6.45, 7) is 4.06. The number of methoxy groups -OCH3 is 1. The number of rotatable bonds is 9. The summed E-state index contributed by atoms with van der Waals surface area (Å²) >= 11 is 0. The average Bonchev–Trinajstić information content (AvgIpc) is 3.31. The summed E-state index contributed by atoms with van der Waals surface area (Å²) in [4.78, 5) is 15.5. The molecule has 0 bridgehead atoms. The van der Waals surface area contributed by atoms with Gasteiger partial charge in [0.05, 0.1) is 12.7 Å². The number of nitriles is 1. The van der Waals surface area contributed by atoms with Crippen LogP contribution in [0, 0.1) is 11.3 Å². The van der Waals surface area contributed by atoms with Crippen LogP contribution >= 0.6 is 0 Å². The van der Waals surface area contributed by atoms with Crippen LogP contribution in [0.3, 0.4) is 0 Å². The molecule has 7 heteroatoms. The number of carboxylic acids is 1. The molecular weight excluding hydrogens is 444 g/mol. The lowest BCUT2D eigenvalue weighted by Crippen LogP contribution is -2.03. The first-order valence-corrected chi connectivity index (χ1v) is 10.8. The Morgan fingerprint density at radius 3 is 2.63 bits per heavy atom. The Hall–Kier alpha value is -4.83. The molecule has 0 aliphatic carbocycles. The smallest absolute Gasteiger partial charge is 0.335 e. The summed E-state index contributed by atoms with van der Waals surface area (Å²) in [5.74, 6) is 0.300. The molecule has 4 rings (SSSR count). The molecule has 0 spiro atoms. The highest BCUT2D eigenvalue weighted by Gasteiger charge is 2.15. The van der Waals surface area contributed by atoms with Crippen molar-refractivity contribution in [2.45, 2.75) is 13.0 Å². The number of nitrogens with zero attached hydrogens (tertiary/aromatic N) is 2. The van der Waals surface area contributed by atoms with Crippen molar-refractivity contribution < 1.29 is 23.8 Å². The zero-order valence-corrected chi connectivity index (χ0v) is 19.0. The number of oxazole rings is 1. The highest BCUT2D eigenvalue weighted by Crippen LogP contribution is 2.35. The summed E-state index contributed by atoms with van der Waals surface area (Å²) in [7, 11) is 1.54. The molecule has 0 atom stereocenters. The second-order valence-electron chi connectivity index (χ2n) is 7.65. The van der Waals surface area contributed by atoms with Crippen molar-refractivity contribution in [2.75, 3.05) is 7.11 Å². The lowest BCUT2D eigenvalue weighted by Gasteiger charge is -2.16. The summed E-state index contributed by atoms with van der Waals surface area (Å²) < 4.78 is 17.4. The Labute approximate surface area is 202 Å². The highest BCUT2D eigenvalue weighted by molar-refractivity contribution is 5.89. The minimum atomic E-state index is -0.981. The zero-order valence-electron chi connectivity index (χ0n) is 19.0. The Morgan fingerprint density at radius 2 is 1.97 bits per heavy atom. The van der Waals surface area contributed by atoms with E-state index in [1.165, 1.54) is 12.1 Å². The second kappa shape index (κ2) is 10.4. The first-order chi connectivity index (χ1) is 17.0. The van der Waals surface area contributed by atoms with Gasteiger partial charge in [-0.2, -0.15) is 5.26 Å². The van der Waals surface area contributed by atoms with Gasteiger partial charge in [0.15, 0.2) is 17.1 Å². The normalized spacial score (nSPS) is 11.1. The number of aromatic nitrogens is 1. The number of carboxylic acid groups (broad SMARTS) is 1. The van der Waals surface area contributed by atoms with Gasteiger partial charge in [-0.1, -0.05) is 30.3 Å². The summed E-state index contributed by atoms with van der Waals surface area (Å²) in [6, 6.07) is 19.6. The zero-order chi connectivity index (χ0) is 24.8. The molecule has 7 nitrogen and oxygen atoms in total. The standard InChI is InChI=1S/C28H22N2O5/c1-3-6-21-13-19(14-22(16-29)27-30-23-7-4-5-8-24(23)35-27)15-25(33-2)26(21)34-17-18-9-11-20(12-10-18)28(31)32/h3-5,7-15H,1,6,17H2,2H3,(H,31,32)/b22-14+. The Bertz CT molecular complexity index is 1430. The van der Waals surface area contributed by atoms with Gasteiger partial charge in [0.2, 0.25) is 5.89 Å². The van der Waals surface area contributed by atoms with E-state index in [1.54, 1.807) is 43.5 Å². The molecule has 0 radical (unpaired) electrons. The maximum Gasteiger partial charge on any atom is 0.335 e. The molecule has 1 N–H and O–H groups in total. The number of hydrogen-bond donors (Lipinski definition) is 1. The number of fused-ring (bicyclic) bond motifs is 1. The third-order valence-corrected chi connectivity index (χ3v) is 5.28. The number of allylic oxidation sites excluding steroid dienone is 2. The lowest BCUT2D eigenvalue weighted by molar-refractivity contribution is 0.0697. The second-order valence-corrected chi connectivity index (χ2v) is 7.65. The van der Waals surface area contributed by atoms with Gasteiger partial charge >= 0.3 is 5.97 Å². The van der Waals surface area contributed by atoms with Gasteiger partial charge in [-0.15, -0.1) is 6.58 Å². The van der Waals surface area contributed by atoms with Crippen molar-refractivity contribution in [1.82, 2.24) is 4.98 Å². The Balaban J connectivity index is 1.66. The summed E-state index contributed by atoms with van der Waals surface area (Å²) in [6.07, 6.45) is 3.95. The molecule has 1 aromatic heterocycles. The number of para-hydroxylation sites is 2. The number of ether oxygens (including phenoxy) is 2. The van der Waals surface area contributed by atoms with Crippen molar-refractivity contribution in [1.29, 1.82) is 5.26 Å². The number of hydrogen-bond acceptors (Lipinski definition) is 6. The van der Waals surface area contributed by atoms with E-state index >= 15 is 0 Å². The van der Waals surface area contributed by atoms with Gasteiger partial charge in [-0.3, -0.25) is 0 Å². The molecule has 3 aromatic carbocycles. The molecule has 1 heterocycles. The van der Waals surface area contributed by atoms with Crippen LogP contribution in [0.25, 0.3) is 22.7 Å². The predicted molar refractivity (Wildman–Crippen MR) is 132 cm³/mol. The third kappa shape index (κ3) is 5.23. The van der Waals surface area contributed by atoms with Crippen LogP contribution < -0.4 is 9.47 Å². The fourth-order valence-corrected chi connectivity index (χ4v) is 3.58. The van der Waals surface area contributed by atoms with E-state index in [2.05, 4.69) is 17.6 Å². The van der Waals surface area contributed by atoms with Gasteiger partial charge in [-0.05, 0) is 60.0 Å². The van der Waals surface area contributed by atoms with Crippen LogP contribution in [-0.4, -0.2) is 23.2 Å². The van der Waals surface area contributed by atoms with E-state index in [-0.39, 0.29) is 23.6 Å². The van der Waals surface area contributed by atoms with Gasteiger partial charge in [-0.25, -0.2) is 9.78 Å². The maximum atomic E-state index is 11.1. The fraction of sp³-hybridized carbons (Fsp3) is 0.107. The number of aromatic carboxylic acids is 1. The quantitative estimate of drug-likeness (QED) is 0.242. The monoisotopic (exact) mass is 466 g/mol. The number of carbonyl (C=O) groups is 1. The van der Waals surface area contributed by atoms with Gasteiger partial charge in [0.1, 0.15) is 23.8 Å². The molecule has 0 aliphatic rings. The van der Waals surface area contributed by atoms with Gasteiger partial charge in [0.25, 0.3) is 0 Å². The Morgan fingerprint density at radius 1 is 1.20 bits per heavy atom. The molecule has 0 unspecified atom stereocenters. The summed E-state index contributed by atoms with van der Waals surface area (Å²) in [5.41, 5.74) is 4.12. The molecular formula is C28H22N2O5. The van der Waals surface area contributed by atoms with Crippen molar-refractivity contribution in [3.05, 3.63) is 101 Å². The summed E-state index contributed by atoms with van der Waals surface area (Å²) in [5, 5.41) is 18.8. The lowest BCUT2D eigenvalue weighted by atomic mass is 10.0. The first kappa shape index (κ1) is 23.3. The van der Waals surface area contributed by atoms with Gasteiger partial charge in [0, 0.05) is 5.56 Å². The fourth-order valence-electron chi connectivity index (χ4n) is 3.58. The van der Waals surface area contributed by atoms with E-state index in [0.29, 0.717) is 29.0 Å². The average molecular weight is 466 g/mol. The molecule has 35 heavy (non-hydrogen) atoms. The minimum Gasteiger partial charge on any atom is -0.493 e. The Kier molecular flexibility index (Phi) is 6.94. The van der Waals surface area contributed by atoms with Crippen LogP contribution in [0.15, 0.2) is 77.7 Å². The molecule has 0 fully saturated rings. The molecule has 0 aliphatic heterocycles. The molecule has 0 saturated heterocycles. The van der Waals surface area contributed by atoms with Crippen molar-refractivity contribution in [3.8, 4) is 17.6 Å². The van der Waals surface area contributed by atoms with Crippen LogP contribution in [0.4, 0.5) is 0 Å². The maximum absolute atomic E-state index is 11.1. The van der Waals surface area contributed by atoms with E-state index in [9.17, 15) is 10.1 Å². The van der Waals surface area contributed by atoms with Crippen LogP contribution in [0.2, 0.25) is 0 Å². The molecule has 174 valence electrons. The van der Waals surface area contributed by atoms with Crippen LogP contribution in [-0.2, 0) is 13.0 Å². The van der Waals surface area contributed by atoms with Crippen molar-refractivity contribution >= 4 is 28.7 Å². The highest BCUT2D eigenvalue weighted by atomic mass is 16.5. The minimum absolute atomic E-state index is 0.210. The topological polar surface area (TPSA) is 106 Å². The predicted octanol–water partition coefficient (Wildman–Crippen LogP) is 5.91. The largest absolute Gasteiger partial charge is 0.493 e. The SMILES string of the molecule is C=CCc1cc(/C=C(\C#N)c2nc3ccccc3o2)cc(OC)c1OCc1ccc(C(=O)O)cc1. The third-order valence-electron chi connectivity index (χ3n) is 5.28. The molecule has 0 amide bonds. The first-order valence-electron chi connectivity index (χ1n) is 10.8. The van der Waals surface area contributed by atoms with E-state index in [4.69, 9.17) is 19.0 Å². The van der Waals surface area contributed by atoms with E-state index < -0.39 is 5.97 Å². The number of benzene rings is 3. The molecule has 0 saturated carbocycles. The van der Waals surface area contributed by atoms with Gasteiger partial charge < -0.3 is 19.0 Å².